The number of methoxy groups -OCH3 is 2. The van der Waals surface area contributed by atoms with Crippen LogP contribution in [0, 0.1) is 11.8 Å². The highest BCUT2D eigenvalue weighted by atomic mass is 32.9. The summed E-state index contributed by atoms with van der Waals surface area (Å²) in [5, 5.41) is 2.71. The molecule has 7 atom stereocenters. The van der Waals surface area contributed by atoms with Crippen LogP contribution in [-0.4, -0.2) is 69.3 Å². The average molecular weight is 886 g/mol. The van der Waals surface area contributed by atoms with E-state index in [4.69, 9.17) is 39.8 Å². The van der Waals surface area contributed by atoms with Crippen LogP contribution in [0.25, 0.3) is 11.2 Å². The van der Waals surface area contributed by atoms with Crippen molar-refractivity contribution in [1.29, 1.82) is 0 Å². The van der Waals surface area contributed by atoms with Crippen LogP contribution in [0.3, 0.4) is 0 Å². The number of anilines is 1. The van der Waals surface area contributed by atoms with Crippen molar-refractivity contribution in [2.24, 2.45) is 11.8 Å². The van der Waals surface area contributed by atoms with Crippen LogP contribution >= 0.6 is 17.1 Å². The molecule has 0 bridgehead atoms. The molecule has 1 aliphatic carbocycles. The van der Waals surface area contributed by atoms with Gasteiger partial charge in [0.2, 0.25) is 17.5 Å². The zero-order valence-corrected chi connectivity index (χ0v) is 37.7. The van der Waals surface area contributed by atoms with E-state index in [1.54, 1.807) is 44.0 Å². The normalized spacial score (nSPS) is 26.3. The number of benzene rings is 3. The highest BCUT2D eigenvalue weighted by Crippen LogP contribution is 2.76. The minimum atomic E-state index is -2.92. The molecule has 16 heteroatoms. The molecular weight excluding hydrogens is 834 g/mol. The molecule has 0 unspecified atom stereocenters. The zero-order valence-electron chi connectivity index (χ0n) is 35.2. The summed E-state index contributed by atoms with van der Waals surface area (Å²) in [5.41, 5.74) is -0.409. The lowest BCUT2D eigenvalue weighted by Gasteiger charge is -2.37. The summed E-state index contributed by atoms with van der Waals surface area (Å²) in [6.07, 6.45) is 2.63. The molecular formula is C45H52N5O8PS2. The number of hydrogen-bond donors (Lipinski definition) is 2. The number of carbonyl (C=O) groups excluding carboxylic acids is 1. The molecule has 13 nitrogen and oxygen atoms in total. The Bertz CT molecular complexity index is 2450. The number of H-pyrrole nitrogens is 1. The maximum Gasteiger partial charge on any atom is 0.280 e. The van der Waals surface area contributed by atoms with Crippen molar-refractivity contribution < 1.29 is 32.8 Å². The van der Waals surface area contributed by atoms with E-state index in [0.29, 0.717) is 23.8 Å². The molecule has 5 aromatic rings. The lowest BCUT2D eigenvalue weighted by molar-refractivity contribution is -0.118. The smallest absolute Gasteiger partial charge is 0.280 e. The zero-order chi connectivity index (χ0) is 43.1. The van der Waals surface area contributed by atoms with Crippen LogP contribution < -0.4 is 20.3 Å². The van der Waals surface area contributed by atoms with E-state index in [1.807, 2.05) is 78.9 Å². The van der Waals surface area contributed by atoms with Crippen LogP contribution in [0.1, 0.15) is 76.3 Å². The number of nitrogens with one attached hydrogen (secondary N) is 2. The quantitative estimate of drug-likeness (QED) is 0.0624. The van der Waals surface area contributed by atoms with Crippen LogP contribution in [0.4, 0.5) is 5.95 Å². The summed E-state index contributed by atoms with van der Waals surface area (Å²) < 4.78 is 40.8. The molecule has 3 aliphatic rings. The van der Waals surface area contributed by atoms with Gasteiger partial charge in [0.15, 0.2) is 11.2 Å². The fraction of sp³-hybridized carbons (Fsp3) is 0.422. The molecule has 8 rings (SSSR count). The van der Waals surface area contributed by atoms with E-state index in [-0.39, 0.29) is 46.4 Å². The standard InChI is InChI=1S/C45H52N5O8PS2/c1-27(2)29-21-22-44(5)37(23-29)58-59(60,61-44)57-35-24-38(50-26-46-39-40(50)47-43(49-42(39)52)48-41(51)28(3)4)56-36(35)25-55-45(30-11-9-8-10-12-30,31-13-17-33(53-6)18-14-31)32-15-19-34(54-7)20-16-32/h8-20,26,28-29,35-38H,1,21-25H2,2-7H3,(H2,47,48,49,51,52)/t29-,35-,36+,37+,38+,44+,59-/m0/s1. The molecule has 2 N–H and O–H groups in total. The summed E-state index contributed by atoms with van der Waals surface area (Å²) in [6, 6.07) is 25.8. The number of imidazole rings is 1. The SMILES string of the molecule is C=C(C)[C@H]1CC[C@@]2(C)S[P@@](=S)(O[C@H]3C[C@H](n4cnc5c(=O)[nH]c(NC(=O)C(C)C)nc54)O[C@@H]3COC(c3ccccc3)(c3ccc(OC)cc3)c3ccc(OC)cc3)O[C@@H]2C1. The van der Waals surface area contributed by atoms with Gasteiger partial charge in [-0.15, -0.1) is 0 Å². The van der Waals surface area contributed by atoms with Crippen LogP contribution in [0.15, 0.2) is 102 Å². The van der Waals surface area contributed by atoms with Gasteiger partial charge in [-0.3, -0.25) is 24.5 Å². The predicted octanol–water partition coefficient (Wildman–Crippen LogP) is 8.90. The van der Waals surface area contributed by atoms with Crippen LogP contribution in [0.5, 0.6) is 11.5 Å². The third kappa shape index (κ3) is 8.58. The molecule has 2 saturated heterocycles. The first-order chi connectivity index (χ1) is 29.2. The minimum absolute atomic E-state index is 0.0189. The number of hydrogen-bond acceptors (Lipinski definition) is 12. The summed E-state index contributed by atoms with van der Waals surface area (Å²) in [4.78, 5) is 37.6. The number of aromatic nitrogens is 4. The fourth-order valence-corrected chi connectivity index (χ4v) is 16.1. The first-order valence-corrected chi connectivity index (χ1v) is 24.5. The third-order valence-corrected chi connectivity index (χ3v) is 17.8. The molecule has 0 radical (unpaired) electrons. The molecule has 1 saturated carbocycles. The van der Waals surface area contributed by atoms with Gasteiger partial charge < -0.3 is 28.0 Å². The monoisotopic (exact) mass is 885 g/mol. The van der Waals surface area contributed by atoms with Crippen molar-refractivity contribution in [1.82, 2.24) is 19.5 Å². The van der Waals surface area contributed by atoms with Crippen molar-refractivity contribution in [3.63, 3.8) is 0 Å². The second-order valence-electron chi connectivity index (χ2n) is 16.5. The molecule has 61 heavy (non-hydrogen) atoms. The maximum atomic E-state index is 13.2. The van der Waals surface area contributed by atoms with Gasteiger partial charge in [0.25, 0.3) is 5.56 Å². The molecule has 2 aromatic heterocycles. The topological polar surface area (TPSA) is 148 Å². The highest BCUT2D eigenvalue weighted by Gasteiger charge is 2.55. The van der Waals surface area contributed by atoms with E-state index in [2.05, 4.69) is 40.7 Å². The fourth-order valence-electron chi connectivity index (χ4n) is 8.47. The Morgan fingerprint density at radius 1 is 1.05 bits per heavy atom. The Hall–Kier alpha value is -4.34. The number of fused-ring (bicyclic) bond motifs is 2. The van der Waals surface area contributed by atoms with Gasteiger partial charge in [-0.2, -0.15) is 4.98 Å². The summed E-state index contributed by atoms with van der Waals surface area (Å²) in [7, 11) is 3.28. The molecule has 3 aromatic carbocycles. The van der Waals surface area contributed by atoms with Crippen molar-refractivity contribution in [3.8, 4) is 11.5 Å². The Labute approximate surface area is 364 Å². The number of allylic oxidation sites excluding steroid dienone is 1. The third-order valence-electron chi connectivity index (χ3n) is 12.0. The van der Waals surface area contributed by atoms with Crippen LogP contribution in [-0.2, 0) is 40.7 Å². The average Bonchev–Trinajstić information content (AvgIpc) is 3.93. The second kappa shape index (κ2) is 17.4. The summed E-state index contributed by atoms with van der Waals surface area (Å²) in [5.74, 6) is 1.18. The molecule has 0 spiro atoms. The van der Waals surface area contributed by atoms with E-state index in [1.165, 1.54) is 6.33 Å². The van der Waals surface area contributed by atoms with Gasteiger partial charge in [0, 0.05) is 17.1 Å². The summed E-state index contributed by atoms with van der Waals surface area (Å²) >= 11 is 8.01. The molecule has 2 aliphatic heterocycles. The van der Waals surface area contributed by atoms with Gasteiger partial charge in [-0.05, 0) is 91.8 Å². The lowest BCUT2D eigenvalue weighted by atomic mass is 9.77. The van der Waals surface area contributed by atoms with Gasteiger partial charge in [-0.25, -0.2) is 4.98 Å². The minimum Gasteiger partial charge on any atom is -0.497 e. The van der Waals surface area contributed by atoms with E-state index < -0.39 is 35.3 Å². The maximum absolute atomic E-state index is 13.2. The van der Waals surface area contributed by atoms with Gasteiger partial charge >= 0.3 is 0 Å². The summed E-state index contributed by atoms with van der Waals surface area (Å²) in [6.45, 7) is 12.1. The molecule has 3 fully saturated rings. The number of aromatic amines is 1. The number of ether oxygens (including phenoxy) is 4. The highest BCUT2D eigenvalue weighted by molar-refractivity contribution is 8.68. The first kappa shape index (κ1) is 43.3. The Morgan fingerprint density at radius 2 is 1.69 bits per heavy atom. The molecule has 322 valence electrons. The Morgan fingerprint density at radius 3 is 2.30 bits per heavy atom. The van der Waals surface area contributed by atoms with Gasteiger partial charge in [0.05, 0.1) is 39.4 Å². The molecule has 1 amide bonds. The number of carbonyl (C=O) groups is 1. The number of nitrogens with zero attached hydrogens (tertiary/aromatic N) is 3. The van der Waals surface area contributed by atoms with Crippen molar-refractivity contribution in [3.05, 3.63) is 124 Å². The predicted molar refractivity (Wildman–Crippen MR) is 241 cm³/mol. The first-order valence-electron chi connectivity index (χ1n) is 20.5. The van der Waals surface area contributed by atoms with Crippen molar-refractivity contribution in [2.45, 2.75) is 88.3 Å². The lowest BCUT2D eigenvalue weighted by Crippen LogP contribution is -2.39. The number of amides is 1. The second-order valence-corrected chi connectivity index (χ2v) is 23.0. The van der Waals surface area contributed by atoms with Gasteiger partial charge in [0.1, 0.15) is 29.4 Å². The van der Waals surface area contributed by atoms with Crippen molar-refractivity contribution in [2.75, 3.05) is 26.1 Å². The van der Waals surface area contributed by atoms with E-state index in [9.17, 15) is 9.59 Å². The van der Waals surface area contributed by atoms with Gasteiger partial charge in [-0.1, -0.05) is 92.0 Å². The number of rotatable bonds is 14. The largest absolute Gasteiger partial charge is 0.497 e. The van der Waals surface area contributed by atoms with Crippen LogP contribution in [0.2, 0.25) is 0 Å². The Kier molecular flexibility index (Phi) is 12.4. The van der Waals surface area contributed by atoms with E-state index >= 15 is 0 Å². The Balaban J connectivity index is 1.18. The molecule has 4 heterocycles. The van der Waals surface area contributed by atoms with Crippen molar-refractivity contribution >= 4 is 51.9 Å². The van der Waals surface area contributed by atoms with E-state index in [0.717, 1.165) is 41.5 Å².